The van der Waals surface area contributed by atoms with E-state index in [-0.39, 0.29) is 17.3 Å². The predicted molar refractivity (Wildman–Crippen MR) is 78.4 cm³/mol. The lowest BCUT2D eigenvalue weighted by Gasteiger charge is -2.46. The lowest BCUT2D eigenvalue weighted by molar-refractivity contribution is -0.122. The van der Waals surface area contributed by atoms with Gasteiger partial charge in [0, 0.05) is 11.3 Å². The zero-order valence-electron chi connectivity index (χ0n) is 12.2. The number of hydrogen-bond donors (Lipinski definition) is 2. The zero-order valence-corrected chi connectivity index (χ0v) is 12.2. The van der Waals surface area contributed by atoms with Crippen LogP contribution in [0.4, 0.5) is 10.1 Å². The Morgan fingerprint density at radius 2 is 2.10 bits per heavy atom. The van der Waals surface area contributed by atoms with E-state index in [0.717, 1.165) is 16.8 Å². The van der Waals surface area contributed by atoms with Crippen LogP contribution in [0.1, 0.15) is 33.3 Å². The van der Waals surface area contributed by atoms with Crippen molar-refractivity contribution in [3.8, 4) is 0 Å². The molecule has 1 aliphatic heterocycles. The number of amides is 1. The number of nitrogens with zero attached hydrogens (tertiary/aromatic N) is 1. The molecular weight excluding hydrogens is 257 g/mol. The first kappa shape index (κ1) is 14.5. The van der Waals surface area contributed by atoms with Crippen LogP contribution in [-0.4, -0.2) is 17.5 Å². The second-order valence-corrected chi connectivity index (χ2v) is 5.70. The van der Waals surface area contributed by atoms with Crippen molar-refractivity contribution in [1.29, 1.82) is 0 Å². The molecule has 0 aliphatic carbocycles. The third-order valence-corrected chi connectivity index (χ3v) is 3.74. The standard InChI is InChI=1S/C15H20FN3O/c1-9-8-15(3,4)19(10(2)14(20)18-17)13-6-5-11(16)7-12(9)13/h5-8,10H,17H2,1-4H3,(H,18,20). The Labute approximate surface area is 118 Å². The number of carbonyl (C=O) groups is 1. The molecule has 2 rings (SSSR count). The maximum absolute atomic E-state index is 13.5. The van der Waals surface area contributed by atoms with Crippen LogP contribution >= 0.6 is 0 Å². The normalized spacial score (nSPS) is 18.1. The molecule has 1 aliphatic rings. The maximum atomic E-state index is 13.5. The van der Waals surface area contributed by atoms with Crippen LogP contribution < -0.4 is 16.2 Å². The summed E-state index contributed by atoms with van der Waals surface area (Å²) in [6, 6.07) is 4.16. The SMILES string of the molecule is CC1=CC(C)(C)N(C(C)C(=O)NN)c2ccc(F)cc21. The number of carbonyl (C=O) groups excluding carboxylic acids is 1. The molecule has 1 amide bonds. The molecule has 1 aromatic carbocycles. The van der Waals surface area contributed by atoms with Gasteiger partial charge >= 0.3 is 0 Å². The van der Waals surface area contributed by atoms with Crippen LogP contribution in [0.2, 0.25) is 0 Å². The van der Waals surface area contributed by atoms with Crippen molar-refractivity contribution in [2.75, 3.05) is 4.90 Å². The fourth-order valence-corrected chi connectivity index (χ4v) is 2.97. The predicted octanol–water partition coefficient (Wildman–Crippen LogP) is 2.21. The van der Waals surface area contributed by atoms with Crippen molar-refractivity contribution >= 4 is 17.2 Å². The van der Waals surface area contributed by atoms with Crippen molar-refractivity contribution in [1.82, 2.24) is 5.43 Å². The molecule has 0 spiro atoms. The Balaban J connectivity index is 2.59. The first-order chi connectivity index (χ1) is 9.27. The summed E-state index contributed by atoms with van der Waals surface area (Å²) in [4.78, 5) is 13.8. The Hall–Kier alpha value is -1.88. The summed E-state index contributed by atoms with van der Waals surface area (Å²) in [6.07, 6.45) is 2.04. The van der Waals surface area contributed by atoms with Crippen LogP contribution in [0.25, 0.3) is 5.57 Å². The molecule has 3 N–H and O–H groups in total. The van der Waals surface area contributed by atoms with E-state index in [1.165, 1.54) is 12.1 Å². The summed E-state index contributed by atoms with van der Waals surface area (Å²) in [5.74, 6) is 4.68. The number of halogens is 1. The number of hydrogen-bond acceptors (Lipinski definition) is 3. The average Bonchev–Trinajstić information content (AvgIpc) is 2.37. The van der Waals surface area contributed by atoms with E-state index in [9.17, 15) is 9.18 Å². The van der Waals surface area contributed by atoms with Gasteiger partial charge in [-0.1, -0.05) is 6.08 Å². The minimum absolute atomic E-state index is 0.277. The van der Waals surface area contributed by atoms with Gasteiger partial charge in [-0.25, -0.2) is 10.2 Å². The van der Waals surface area contributed by atoms with Gasteiger partial charge in [-0.15, -0.1) is 0 Å². The van der Waals surface area contributed by atoms with Crippen LogP contribution in [0.3, 0.4) is 0 Å². The summed E-state index contributed by atoms with van der Waals surface area (Å²) in [5, 5.41) is 0. The number of benzene rings is 1. The topological polar surface area (TPSA) is 58.4 Å². The monoisotopic (exact) mass is 277 g/mol. The third kappa shape index (κ3) is 2.29. The van der Waals surface area contributed by atoms with Gasteiger partial charge in [0.25, 0.3) is 5.91 Å². The summed E-state index contributed by atoms with van der Waals surface area (Å²) in [6.45, 7) is 7.77. The van der Waals surface area contributed by atoms with Crippen LogP contribution in [-0.2, 0) is 4.79 Å². The van der Waals surface area contributed by atoms with Crippen LogP contribution in [0.15, 0.2) is 24.3 Å². The maximum Gasteiger partial charge on any atom is 0.256 e. The molecule has 5 heteroatoms. The van der Waals surface area contributed by atoms with E-state index < -0.39 is 6.04 Å². The number of anilines is 1. The smallest absolute Gasteiger partial charge is 0.256 e. The highest BCUT2D eigenvalue weighted by atomic mass is 19.1. The number of hydrazine groups is 1. The summed E-state index contributed by atoms with van der Waals surface area (Å²) in [5.41, 5.74) is 4.47. The van der Waals surface area contributed by atoms with E-state index >= 15 is 0 Å². The fourth-order valence-electron chi connectivity index (χ4n) is 2.97. The molecular formula is C15H20FN3O. The largest absolute Gasteiger partial charge is 0.351 e. The number of rotatable bonds is 2. The quantitative estimate of drug-likeness (QED) is 0.495. The molecule has 1 atom stereocenters. The number of allylic oxidation sites excluding steroid dienone is 1. The molecule has 0 aromatic heterocycles. The summed E-state index contributed by atoms with van der Waals surface area (Å²) in [7, 11) is 0. The molecule has 4 nitrogen and oxygen atoms in total. The highest BCUT2D eigenvalue weighted by Crippen LogP contribution is 2.40. The molecule has 1 unspecified atom stereocenters. The lowest BCUT2D eigenvalue weighted by Crippen LogP contribution is -2.56. The molecule has 0 saturated heterocycles. The minimum atomic E-state index is -0.455. The van der Waals surface area contributed by atoms with E-state index in [2.05, 4.69) is 5.43 Å². The first-order valence-electron chi connectivity index (χ1n) is 6.57. The first-order valence-corrected chi connectivity index (χ1v) is 6.57. The van der Waals surface area contributed by atoms with Gasteiger partial charge in [-0.05, 0) is 51.5 Å². The molecule has 1 aromatic rings. The molecule has 0 fully saturated rings. The van der Waals surface area contributed by atoms with Crippen LogP contribution in [0.5, 0.6) is 0 Å². The molecule has 0 radical (unpaired) electrons. The van der Waals surface area contributed by atoms with Gasteiger partial charge in [0.2, 0.25) is 0 Å². The van der Waals surface area contributed by atoms with E-state index in [4.69, 9.17) is 5.84 Å². The molecule has 1 heterocycles. The van der Waals surface area contributed by atoms with Gasteiger partial charge in [0.1, 0.15) is 11.9 Å². The van der Waals surface area contributed by atoms with Gasteiger partial charge < -0.3 is 4.90 Å². The Morgan fingerprint density at radius 1 is 1.45 bits per heavy atom. The van der Waals surface area contributed by atoms with Crippen molar-refractivity contribution in [2.24, 2.45) is 5.84 Å². The van der Waals surface area contributed by atoms with Crippen LogP contribution in [0, 0.1) is 5.82 Å². The van der Waals surface area contributed by atoms with Gasteiger partial charge in [0.15, 0.2) is 0 Å². The molecule has 108 valence electrons. The summed E-state index contributed by atoms with van der Waals surface area (Å²) < 4.78 is 13.5. The summed E-state index contributed by atoms with van der Waals surface area (Å²) >= 11 is 0. The van der Waals surface area contributed by atoms with Crippen molar-refractivity contribution in [2.45, 2.75) is 39.3 Å². The molecule has 0 bridgehead atoms. The lowest BCUT2D eigenvalue weighted by atomic mass is 9.87. The van der Waals surface area contributed by atoms with Crippen molar-refractivity contribution < 1.29 is 9.18 Å². The molecule has 0 saturated carbocycles. The molecule has 20 heavy (non-hydrogen) atoms. The number of fused-ring (bicyclic) bond motifs is 1. The Morgan fingerprint density at radius 3 is 2.70 bits per heavy atom. The van der Waals surface area contributed by atoms with Gasteiger partial charge in [-0.3, -0.25) is 10.2 Å². The van der Waals surface area contributed by atoms with Crippen molar-refractivity contribution in [3.63, 3.8) is 0 Å². The zero-order chi connectivity index (χ0) is 15.1. The van der Waals surface area contributed by atoms with E-state index in [0.29, 0.717) is 0 Å². The number of nitrogens with two attached hydrogens (primary N) is 1. The highest BCUT2D eigenvalue weighted by molar-refractivity contribution is 5.89. The second-order valence-electron chi connectivity index (χ2n) is 5.70. The second kappa shape index (κ2) is 4.90. The average molecular weight is 277 g/mol. The number of nitrogens with one attached hydrogen (secondary N) is 1. The minimum Gasteiger partial charge on any atom is -0.351 e. The highest BCUT2D eigenvalue weighted by Gasteiger charge is 2.36. The van der Waals surface area contributed by atoms with Gasteiger partial charge in [0.05, 0.1) is 5.54 Å². The Kier molecular flexibility index (Phi) is 3.56. The van der Waals surface area contributed by atoms with Gasteiger partial charge in [-0.2, -0.15) is 0 Å². The van der Waals surface area contributed by atoms with E-state index in [1.54, 1.807) is 13.0 Å². The Bertz CT molecular complexity index is 580. The third-order valence-electron chi connectivity index (χ3n) is 3.74. The van der Waals surface area contributed by atoms with E-state index in [1.807, 2.05) is 31.7 Å². The van der Waals surface area contributed by atoms with Crippen molar-refractivity contribution in [3.05, 3.63) is 35.7 Å². The fraction of sp³-hybridized carbons (Fsp3) is 0.400.